The van der Waals surface area contributed by atoms with Crippen LogP contribution in [0.1, 0.15) is 23.2 Å². The van der Waals surface area contributed by atoms with E-state index in [1.165, 1.54) is 0 Å². The Morgan fingerprint density at radius 3 is 2.65 bits per heavy atom. The number of aromatic nitrogens is 1. The first-order valence-corrected chi connectivity index (χ1v) is 11.0. The fourth-order valence-corrected chi connectivity index (χ4v) is 4.23. The highest BCUT2D eigenvalue weighted by atomic mass is 16.5. The number of amides is 2. The van der Waals surface area contributed by atoms with Crippen molar-refractivity contribution < 1.29 is 19.1 Å². The fraction of sp³-hybridized carbons (Fsp3) is 0.522. The molecule has 2 amide bonds. The number of rotatable bonds is 6. The molecule has 1 N–H and O–H groups in total. The molecule has 0 unspecified atom stereocenters. The van der Waals surface area contributed by atoms with Crippen molar-refractivity contribution in [1.82, 2.24) is 15.2 Å². The van der Waals surface area contributed by atoms with Gasteiger partial charge >= 0.3 is 0 Å². The number of ether oxygens (including phenoxy) is 2. The monoisotopic (exact) mass is 426 g/mol. The molecule has 3 heterocycles. The molecule has 1 aromatic heterocycles. The number of piperidine rings is 1. The number of benzene rings is 1. The average molecular weight is 427 g/mol. The van der Waals surface area contributed by atoms with E-state index in [2.05, 4.69) is 10.2 Å². The number of pyridine rings is 1. The van der Waals surface area contributed by atoms with Gasteiger partial charge in [-0.25, -0.2) is 4.98 Å². The highest BCUT2D eigenvalue weighted by Gasteiger charge is 2.27. The van der Waals surface area contributed by atoms with Crippen molar-refractivity contribution in [3.63, 3.8) is 0 Å². The van der Waals surface area contributed by atoms with Crippen molar-refractivity contribution >= 4 is 28.5 Å². The molecule has 8 heteroatoms. The molecule has 2 aliphatic heterocycles. The van der Waals surface area contributed by atoms with Crippen LogP contribution in [0.25, 0.3) is 10.9 Å². The molecule has 4 rings (SSSR count). The number of hydrogen-bond acceptors (Lipinski definition) is 6. The molecule has 0 saturated carbocycles. The standard InChI is InChI=1S/C23H30N4O4/c1-30-13-8-24-22(28)17-6-9-26(10-7-17)21-16-19(18-4-2-3-5-20(18)25-21)23(29)27-11-14-31-15-12-27/h2-5,16-17H,6-15H2,1H3,(H,24,28). The number of para-hydroxylation sites is 1. The summed E-state index contributed by atoms with van der Waals surface area (Å²) in [5.74, 6) is 0.915. The molecular formula is C23H30N4O4. The van der Waals surface area contributed by atoms with Gasteiger partial charge in [-0.1, -0.05) is 18.2 Å². The fourth-order valence-electron chi connectivity index (χ4n) is 4.23. The van der Waals surface area contributed by atoms with Gasteiger partial charge in [0, 0.05) is 51.1 Å². The van der Waals surface area contributed by atoms with Gasteiger partial charge in [-0.3, -0.25) is 9.59 Å². The Morgan fingerprint density at radius 2 is 1.90 bits per heavy atom. The second-order valence-corrected chi connectivity index (χ2v) is 7.99. The summed E-state index contributed by atoms with van der Waals surface area (Å²) in [6.07, 6.45) is 1.53. The van der Waals surface area contributed by atoms with Crippen molar-refractivity contribution in [2.24, 2.45) is 5.92 Å². The number of morpholine rings is 1. The molecule has 1 aromatic carbocycles. The van der Waals surface area contributed by atoms with Crippen LogP contribution in [0.5, 0.6) is 0 Å². The van der Waals surface area contributed by atoms with Crippen LogP contribution in [0, 0.1) is 5.92 Å². The van der Waals surface area contributed by atoms with Gasteiger partial charge in [0.1, 0.15) is 5.82 Å². The van der Waals surface area contributed by atoms with Crippen LogP contribution in [0.3, 0.4) is 0 Å². The number of carbonyl (C=O) groups excluding carboxylic acids is 2. The molecule has 2 fully saturated rings. The Hall–Kier alpha value is -2.71. The van der Waals surface area contributed by atoms with Gasteiger partial charge in [-0.05, 0) is 25.0 Å². The first kappa shape index (κ1) is 21.5. The van der Waals surface area contributed by atoms with E-state index in [0.717, 1.165) is 42.7 Å². The van der Waals surface area contributed by atoms with E-state index in [0.29, 0.717) is 45.0 Å². The Kier molecular flexibility index (Phi) is 6.99. The van der Waals surface area contributed by atoms with Crippen LogP contribution < -0.4 is 10.2 Å². The minimum absolute atomic E-state index is 0.00279. The molecule has 166 valence electrons. The molecule has 2 aliphatic rings. The van der Waals surface area contributed by atoms with E-state index in [9.17, 15) is 9.59 Å². The number of anilines is 1. The molecule has 2 aromatic rings. The Bertz CT molecular complexity index is 921. The van der Waals surface area contributed by atoms with Gasteiger partial charge in [0.15, 0.2) is 0 Å². The first-order chi connectivity index (χ1) is 15.2. The highest BCUT2D eigenvalue weighted by Crippen LogP contribution is 2.28. The van der Waals surface area contributed by atoms with Crippen molar-refractivity contribution in [3.05, 3.63) is 35.9 Å². The lowest BCUT2D eigenvalue weighted by Crippen LogP contribution is -2.42. The average Bonchev–Trinajstić information content (AvgIpc) is 2.83. The van der Waals surface area contributed by atoms with E-state index < -0.39 is 0 Å². The first-order valence-electron chi connectivity index (χ1n) is 11.0. The van der Waals surface area contributed by atoms with Gasteiger partial charge in [0.2, 0.25) is 5.91 Å². The topological polar surface area (TPSA) is 84.0 Å². The SMILES string of the molecule is COCCNC(=O)C1CCN(c2cc(C(=O)N3CCOCC3)c3ccccc3n2)CC1. The summed E-state index contributed by atoms with van der Waals surface area (Å²) in [7, 11) is 1.62. The number of methoxy groups -OCH3 is 1. The van der Waals surface area contributed by atoms with E-state index in [4.69, 9.17) is 14.5 Å². The summed E-state index contributed by atoms with van der Waals surface area (Å²) < 4.78 is 10.4. The van der Waals surface area contributed by atoms with E-state index in [1.807, 2.05) is 35.2 Å². The summed E-state index contributed by atoms with van der Waals surface area (Å²) in [6, 6.07) is 9.70. The number of hydrogen-bond donors (Lipinski definition) is 1. The molecule has 31 heavy (non-hydrogen) atoms. The van der Waals surface area contributed by atoms with Gasteiger partial charge in [0.25, 0.3) is 5.91 Å². The minimum Gasteiger partial charge on any atom is -0.383 e. The summed E-state index contributed by atoms with van der Waals surface area (Å²) in [4.78, 5) is 34.5. The second kappa shape index (κ2) is 10.1. The lowest BCUT2D eigenvalue weighted by atomic mass is 9.95. The van der Waals surface area contributed by atoms with E-state index >= 15 is 0 Å². The predicted molar refractivity (Wildman–Crippen MR) is 118 cm³/mol. The number of nitrogens with zero attached hydrogens (tertiary/aromatic N) is 3. The molecular weight excluding hydrogens is 396 g/mol. The summed E-state index contributed by atoms with van der Waals surface area (Å²) in [5.41, 5.74) is 1.50. The smallest absolute Gasteiger partial charge is 0.254 e. The molecule has 0 bridgehead atoms. The molecule has 0 spiro atoms. The second-order valence-electron chi connectivity index (χ2n) is 7.99. The Balaban J connectivity index is 1.51. The summed E-state index contributed by atoms with van der Waals surface area (Å²) >= 11 is 0. The zero-order chi connectivity index (χ0) is 21.6. The van der Waals surface area contributed by atoms with Crippen molar-refractivity contribution in [2.45, 2.75) is 12.8 Å². The largest absolute Gasteiger partial charge is 0.383 e. The van der Waals surface area contributed by atoms with Crippen LogP contribution in [0.2, 0.25) is 0 Å². The van der Waals surface area contributed by atoms with Crippen LogP contribution in [-0.4, -0.2) is 81.4 Å². The van der Waals surface area contributed by atoms with Gasteiger partial charge < -0.3 is 24.6 Å². The molecule has 0 radical (unpaired) electrons. The van der Waals surface area contributed by atoms with E-state index in [1.54, 1.807) is 7.11 Å². The zero-order valence-electron chi connectivity index (χ0n) is 18.0. The maximum absolute atomic E-state index is 13.3. The van der Waals surface area contributed by atoms with Gasteiger partial charge in [-0.15, -0.1) is 0 Å². The normalized spacial score (nSPS) is 17.7. The lowest BCUT2D eigenvalue weighted by molar-refractivity contribution is -0.125. The van der Waals surface area contributed by atoms with Gasteiger partial charge in [0.05, 0.1) is 30.9 Å². The molecule has 0 atom stereocenters. The highest BCUT2D eigenvalue weighted by molar-refractivity contribution is 6.07. The van der Waals surface area contributed by atoms with Crippen LogP contribution in [0.15, 0.2) is 30.3 Å². The zero-order valence-corrected chi connectivity index (χ0v) is 18.0. The third-order valence-corrected chi connectivity index (χ3v) is 6.03. The maximum Gasteiger partial charge on any atom is 0.254 e. The maximum atomic E-state index is 13.3. The number of fused-ring (bicyclic) bond motifs is 1. The summed E-state index contributed by atoms with van der Waals surface area (Å²) in [5, 5.41) is 3.80. The lowest BCUT2D eigenvalue weighted by Gasteiger charge is -2.33. The van der Waals surface area contributed by atoms with Crippen LogP contribution >= 0.6 is 0 Å². The van der Waals surface area contributed by atoms with E-state index in [-0.39, 0.29) is 17.7 Å². The molecule has 2 saturated heterocycles. The third kappa shape index (κ3) is 4.97. The van der Waals surface area contributed by atoms with Crippen LogP contribution in [0.4, 0.5) is 5.82 Å². The Labute approximate surface area is 182 Å². The number of nitrogens with one attached hydrogen (secondary N) is 1. The molecule has 8 nitrogen and oxygen atoms in total. The molecule has 0 aliphatic carbocycles. The minimum atomic E-state index is 0.00279. The predicted octanol–water partition coefficient (Wildman–Crippen LogP) is 1.69. The van der Waals surface area contributed by atoms with Crippen molar-refractivity contribution in [1.29, 1.82) is 0 Å². The van der Waals surface area contributed by atoms with Crippen molar-refractivity contribution in [3.8, 4) is 0 Å². The Morgan fingerprint density at radius 1 is 1.16 bits per heavy atom. The third-order valence-electron chi connectivity index (χ3n) is 6.03. The quantitative estimate of drug-likeness (QED) is 0.708. The van der Waals surface area contributed by atoms with Gasteiger partial charge in [-0.2, -0.15) is 0 Å². The van der Waals surface area contributed by atoms with Crippen LogP contribution in [-0.2, 0) is 14.3 Å². The number of carbonyl (C=O) groups is 2. The van der Waals surface area contributed by atoms with Crippen molar-refractivity contribution in [2.75, 3.05) is 64.6 Å². The summed E-state index contributed by atoms with van der Waals surface area (Å²) in [6.45, 7) is 4.88.